The van der Waals surface area contributed by atoms with Crippen molar-refractivity contribution in [1.29, 1.82) is 0 Å². The molecule has 0 unspecified atom stereocenters. The number of nitrogens with two attached hydrogens (primary N) is 2. The summed E-state index contributed by atoms with van der Waals surface area (Å²) >= 11 is 0. The zero-order chi connectivity index (χ0) is 22.5. The van der Waals surface area contributed by atoms with Crippen molar-refractivity contribution in [2.75, 3.05) is 13.8 Å². The quantitative estimate of drug-likeness (QED) is 0.539. The summed E-state index contributed by atoms with van der Waals surface area (Å²) in [6.45, 7) is 3.89. The molecule has 1 aliphatic heterocycles. The molecule has 2 aromatic carbocycles. The zero-order valence-corrected chi connectivity index (χ0v) is 17.5. The summed E-state index contributed by atoms with van der Waals surface area (Å²) in [6, 6.07) is 9.65. The second-order valence-corrected chi connectivity index (χ2v) is 7.10. The van der Waals surface area contributed by atoms with Crippen LogP contribution in [0.25, 0.3) is 0 Å². The van der Waals surface area contributed by atoms with E-state index in [2.05, 4.69) is 4.99 Å². The van der Waals surface area contributed by atoms with E-state index in [1.54, 1.807) is 37.4 Å². The highest BCUT2D eigenvalue weighted by Gasteiger charge is 2.23. The second kappa shape index (κ2) is 9.21. The summed E-state index contributed by atoms with van der Waals surface area (Å²) in [5.41, 5.74) is 11.6. The fourth-order valence-corrected chi connectivity index (χ4v) is 2.84. The van der Waals surface area contributed by atoms with Crippen LogP contribution in [-0.2, 0) is 0 Å². The Hall–Kier alpha value is -4.01. The first kappa shape index (κ1) is 21.7. The van der Waals surface area contributed by atoms with E-state index in [1.807, 2.05) is 13.8 Å². The summed E-state index contributed by atoms with van der Waals surface area (Å²) < 4.78 is 17.2. The van der Waals surface area contributed by atoms with E-state index in [9.17, 15) is 9.59 Å². The van der Waals surface area contributed by atoms with Gasteiger partial charge >= 0.3 is 0 Å². The van der Waals surface area contributed by atoms with Crippen LogP contribution in [0.5, 0.6) is 23.0 Å². The molecule has 3 rings (SSSR count). The Bertz CT molecular complexity index is 1060. The van der Waals surface area contributed by atoms with E-state index < -0.39 is 5.91 Å². The average molecular weight is 424 g/mol. The maximum absolute atomic E-state index is 12.5. The maximum Gasteiger partial charge on any atom is 0.279 e. The SMILES string of the molecule is CC(C)Oc1cc(Oc2ccc3c(c2)OCN(C)C3=O)cc(C(=O)N=C(N)/C=C\N)c1. The Labute approximate surface area is 179 Å². The van der Waals surface area contributed by atoms with E-state index in [1.165, 1.54) is 23.2 Å². The Morgan fingerprint density at radius 2 is 1.94 bits per heavy atom. The number of carbonyl (C=O) groups excluding carboxylic acids is 2. The van der Waals surface area contributed by atoms with Crippen LogP contribution in [0.1, 0.15) is 34.6 Å². The van der Waals surface area contributed by atoms with E-state index >= 15 is 0 Å². The first-order chi connectivity index (χ1) is 14.8. The predicted octanol–water partition coefficient (Wildman–Crippen LogP) is 2.66. The highest BCUT2D eigenvalue weighted by atomic mass is 16.5. The third-order valence-corrected chi connectivity index (χ3v) is 4.18. The molecular formula is C22H24N4O5. The molecule has 1 heterocycles. The van der Waals surface area contributed by atoms with Crippen LogP contribution in [0.3, 0.4) is 0 Å². The van der Waals surface area contributed by atoms with Gasteiger partial charge in [0.05, 0.1) is 11.7 Å². The summed E-state index contributed by atoms with van der Waals surface area (Å²) in [7, 11) is 1.66. The van der Waals surface area contributed by atoms with Crippen molar-refractivity contribution in [2.45, 2.75) is 20.0 Å². The maximum atomic E-state index is 12.5. The molecular weight excluding hydrogens is 400 g/mol. The molecule has 9 heteroatoms. The molecule has 0 fully saturated rings. The topological polar surface area (TPSA) is 129 Å². The van der Waals surface area contributed by atoms with Crippen LogP contribution in [-0.4, -0.2) is 42.4 Å². The Morgan fingerprint density at radius 3 is 2.65 bits per heavy atom. The lowest BCUT2D eigenvalue weighted by Crippen LogP contribution is -2.35. The minimum absolute atomic E-state index is 0.0216. The molecule has 31 heavy (non-hydrogen) atoms. The fraction of sp³-hybridized carbons (Fsp3) is 0.227. The molecule has 0 radical (unpaired) electrons. The van der Waals surface area contributed by atoms with Crippen LogP contribution in [0.4, 0.5) is 0 Å². The number of amides is 2. The fourth-order valence-electron chi connectivity index (χ4n) is 2.84. The number of hydrogen-bond donors (Lipinski definition) is 2. The molecule has 4 N–H and O–H groups in total. The van der Waals surface area contributed by atoms with Crippen LogP contribution in [0, 0.1) is 0 Å². The number of ether oxygens (including phenoxy) is 3. The van der Waals surface area contributed by atoms with Crippen LogP contribution in [0.15, 0.2) is 53.7 Å². The number of amidine groups is 1. The van der Waals surface area contributed by atoms with Crippen molar-refractivity contribution in [3.63, 3.8) is 0 Å². The van der Waals surface area contributed by atoms with Crippen LogP contribution >= 0.6 is 0 Å². The van der Waals surface area contributed by atoms with Crippen LogP contribution < -0.4 is 25.7 Å². The van der Waals surface area contributed by atoms with Gasteiger partial charge in [-0.3, -0.25) is 9.59 Å². The van der Waals surface area contributed by atoms with Gasteiger partial charge in [0.2, 0.25) is 0 Å². The third kappa shape index (κ3) is 5.33. The van der Waals surface area contributed by atoms with Crippen molar-refractivity contribution in [2.24, 2.45) is 16.5 Å². The van der Waals surface area contributed by atoms with Gasteiger partial charge in [-0.15, -0.1) is 0 Å². The van der Waals surface area contributed by atoms with Crippen molar-refractivity contribution in [1.82, 2.24) is 4.90 Å². The summed E-state index contributed by atoms with van der Waals surface area (Å²) in [4.78, 5) is 30.0. The zero-order valence-electron chi connectivity index (χ0n) is 17.5. The second-order valence-electron chi connectivity index (χ2n) is 7.10. The van der Waals surface area contributed by atoms with Crippen LogP contribution in [0.2, 0.25) is 0 Å². The number of rotatable bonds is 6. The third-order valence-electron chi connectivity index (χ3n) is 4.18. The Morgan fingerprint density at radius 1 is 1.19 bits per heavy atom. The number of fused-ring (bicyclic) bond motifs is 1. The molecule has 9 nitrogen and oxygen atoms in total. The first-order valence-electron chi connectivity index (χ1n) is 9.55. The minimum Gasteiger partial charge on any atom is -0.491 e. The van der Waals surface area contributed by atoms with Crippen molar-refractivity contribution < 1.29 is 23.8 Å². The van der Waals surface area contributed by atoms with E-state index in [0.29, 0.717) is 28.6 Å². The number of nitrogens with zero attached hydrogens (tertiary/aromatic N) is 2. The molecule has 0 bridgehead atoms. The number of aliphatic imine (C=N–C) groups is 1. The molecule has 0 spiro atoms. The molecule has 1 aliphatic rings. The molecule has 0 atom stereocenters. The summed E-state index contributed by atoms with van der Waals surface area (Å²) in [5, 5.41) is 0. The molecule has 2 aromatic rings. The predicted molar refractivity (Wildman–Crippen MR) is 116 cm³/mol. The Balaban J connectivity index is 1.92. The van der Waals surface area contributed by atoms with Crippen molar-refractivity contribution in [3.05, 3.63) is 59.8 Å². The number of carbonyl (C=O) groups is 2. The average Bonchev–Trinajstić information content (AvgIpc) is 2.70. The monoisotopic (exact) mass is 424 g/mol. The molecule has 0 saturated carbocycles. The lowest BCUT2D eigenvalue weighted by molar-refractivity contribution is 0.0595. The lowest BCUT2D eigenvalue weighted by atomic mass is 10.1. The van der Waals surface area contributed by atoms with Gasteiger partial charge in [-0.25, -0.2) is 0 Å². The van der Waals surface area contributed by atoms with Gasteiger partial charge < -0.3 is 30.6 Å². The van der Waals surface area contributed by atoms with E-state index in [-0.39, 0.29) is 30.1 Å². The van der Waals surface area contributed by atoms with Gasteiger partial charge in [-0.2, -0.15) is 4.99 Å². The van der Waals surface area contributed by atoms with E-state index in [0.717, 1.165) is 0 Å². The molecule has 2 amide bonds. The van der Waals surface area contributed by atoms with Crippen molar-refractivity contribution >= 4 is 17.6 Å². The van der Waals surface area contributed by atoms with Gasteiger partial charge in [0.25, 0.3) is 11.8 Å². The molecule has 0 saturated heterocycles. The summed E-state index contributed by atoms with van der Waals surface area (Å²) in [6.07, 6.45) is 2.39. The highest BCUT2D eigenvalue weighted by molar-refractivity contribution is 6.06. The van der Waals surface area contributed by atoms with Gasteiger partial charge in [-0.1, -0.05) is 0 Å². The van der Waals surface area contributed by atoms with E-state index in [4.69, 9.17) is 25.7 Å². The van der Waals surface area contributed by atoms with Crippen molar-refractivity contribution in [3.8, 4) is 23.0 Å². The largest absolute Gasteiger partial charge is 0.491 e. The summed E-state index contributed by atoms with van der Waals surface area (Å²) in [5.74, 6) is 0.926. The minimum atomic E-state index is -0.572. The molecule has 0 aromatic heterocycles. The normalized spacial score (nSPS) is 13.9. The van der Waals surface area contributed by atoms with Gasteiger partial charge in [0, 0.05) is 24.7 Å². The van der Waals surface area contributed by atoms with Gasteiger partial charge in [0.1, 0.15) is 28.8 Å². The smallest absolute Gasteiger partial charge is 0.279 e. The number of hydrogen-bond acceptors (Lipinski definition) is 6. The van der Waals surface area contributed by atoms with Gasteiger partial charge in [-0.05, 0) is 50.4 Å². The lowest BCUT2D eigenvalue weighted by Gasteiger charge is -2.25. The first-order valence-corrected chi connectivity index (χ1v) is 9.55. The highest BCUT2D eigenvalue weighted by Crippen LogP contribution is 2.33. The molecule has 0 aliphatic carbocycles. The van der Waals surface area contributed by atoms with Gasteiger partial charge in [0.15, 0.2) is 6.73 Å². The number of benzene rings is 2. The molecule has 162 valence electrons. The Kier molecular flexibility index (Phi) is 6.44. The standard InChI is InChI=1S/C22H24N4O5/c1-13(2)30-16-8-14(21(27)25-20(24)6-7-23)9-17(10-16)31-15-4-5-18-19(11-15)29-12-26(3)22(18)28/h4-11,13H,12,23H2,1-3H3,(H2,24,25,27)/b7-6-.